The molecule has 0 aliphatic heterocycles. The second kappa shape index (κ2) is 6.71. The molecule has 0 heterocycles. The molecule has 0 saturated heterocycles. The summed E-state index contributed by atoms with van der Waals surface area (Å²) >= 11 is 0. The molecule has 1 amide bonds. The lowest BCUT2D eigenvalue weighted by Crippen LogP contribution is -2.39. The molecule has 0 aromatic heterocycles. The Morgan fingerprint density at radius 1 is 1.00 bits per heavy atom. The van der Waals surface area contributed by atoms with Crippen LogP contribution >= 0.6 is 0 Å². The number of carbonyl (C=O) groups is 1. The molecule has 2 aromatic rings. The average Bonchev–Trinajstić information content (AvgIpc) is 2.49. The van der Waals surface area contributed by atoms with E-state index in [1.165, 1.54) is 5.56 Å². The minimum absolute atomic E-state index is 0.116. The molecular weight excluding hydrogens is 236 g/mol. The number of carbonyl (C=O) groups excluding carboxylic acids is 1. The predicted molar refractivity (Wildman–Crippen MR) is 76.5 cm³/mol. The number of hydrogen-bond acceptors (Lipinski definition) is 2. The molecule has 0 aliphatic carbocycles. The van der Waals surface area contributed by atoms with Gasteiger partial charge in [-0.15, -0.1) is 0 Å². The summed E-state index contributed by atoms with van der Waals surface area (Å²) in [6.07, 6.45) is 0.902. The van der Waals surface area contributed by atoms with Crippen LogP contribution in [0.1, 0.15) is 35.3 Å². The Morgan fingerprint density at radius 3 is 2.16 bits per heavy atom. The van der Waals surface area contributed by atoms with Crippen LogP contribution in [0, 0.1) is 0 Å². The fraction of sp³-hybridized carbons (Fsp3) is 0.188. The predicted octanol–water partition coefficient (Wildman–Crippen LogP) is 3.07. The first-order valence-electron chi connectivity index (χ1n) is 6.47. The van der Waals surface area contributed by atoms with Gasteiger partial charge < -0.3 is 0 Å². The third kappa shape index (κ3) is 3.66. The van der Waals surface area contributed by atoms with Crippen LogP contribution in [0.2, 0.25) is 0 Å². The molecule has 1 atom stereocenters. The van der Waals surface area contributed by atoms with Gasteiger partial charge in [-0.3, -0.25) is 10.2 Å². The highest BCUT2D eigenvalue weighted by atomic mass is 16.2. The zero-order valence-corrected chi connectivity index (χ0v) is 11.0. The monoisotopic (exact) mass is 254 g/mol. The Kier molecular flexibility index (Phi) is 4.70. The maximum absolute atomic E-state index is 11.9. The van der Waals surface area contributed by atoms with E-state index < -0.39 is 0 Å². The maximum Gasteiger partial charge on any atom is 0.265 e. The van der Waals surface area contributed by atoms with Crippen LogP contribution in [0.3, 0.4) is 0 Å². The Hall–Kier alpha value is -2.13. The van der Waals surface area contributed by atoms with Crippen LogP contribution in [-0.4, -0.2) is 5.91 Å². The van der Waals surface area contributed by atoms with Crippen molar-refractivity contribution in [1.82, 2.24) is 10.9 Å². The molecule has 1 unspecified atom stereocenters. The zero-order valence-electron chi connectivity index (χ0n) is 11.0. The van der Waals surface area contributed by atoms with Crippen molar-refractivity contribution in [3.8, 4) is 0 Å². The molecule has 2 rings (SSSR count). The van der Waals surface area contributed by atoms with Crippen molar-refractivity contribution in [2.24, 2.45) is 0 Å². The molecule has 0 bridgehead atoms. The summed E-state index contributed by atoms with van der Waals surface area (Å²) in [6, 6.07) is 19.4. The lowest BCUT2D eigenvalue weighted by Gasteiger charge is -2.18. The van der Waals surface area contributed by atoms with E-state index in [-0.39, 0.29) is 11.9 Å². The molecule has 0 saturated carbocycles. The Bertz CT molecular complexity index is 511. The second-order valence-corrected chi connectivity index (χ2v) is 4.34. The van der Waals surface area contributed by atoms with Gasteiger partial charge >= 0.3 is 0 Å². The summed E-state index contributed by atoms with van der Waals surface area (Å²) in [7, 11) is 0. The highest BCUT2D eigenvalue weighted by Crippen LogP contribution is 2.14. The smallest absolute Gasteiger partial charge is 0.265 e. The van der Waals surface area contributed by atoms with Crippen LogP contribution in [0.15, 0.2) is 60.7 Å². The number of benzene rings is 2. The molecular formula is C16H18N2O. The number of nitrogens with one attached hydrogen (secondary N) is 2. The fourth-order valence-corrected chi connectivity index (χ4v) is 1.92. The van der Waals surface area contributed by atoms with E-state index in [2.05, 4.69) is 29.9 Å². The van der Waals surface area contributed by atoms with Gasteiger partial charge in [0.05, 0.1) is 6.04 Å². The number of hydrogen-bond donors (Lipinski definition) is 2. The van der Waals surface area contributed by atoms with Gasteiger partial charge in [-0.05, 0) is 24.1 Å². The summed E-state index contributed by atoms with van der Waals surface area (Å²) in [5.41, 5.74) is 7.66. The van der Waals surface area contributed by atoms with E-state index >= 15 is 0 Å². The van der Waals surface area contributed by atoms with Crippen molar-refractivity contribution < 1.29 is 4.79 Å². The Morgan fingerprint density at radius 2 is 1.58 bits per heavy atom. The molecule has 0 aliphatic rings. The van der Waals surface area contributed by atoms with E-state index in [1.807, 2.05) is 36.4 Å². The van der Waals surface area contributed by atoms with Crippen LogP contribution in [0.25, 0.3) is 0 Å². The molecule has 0 fully saturated rings. The average molecular weight is 254 g/mol. The van der Waals surface area contributed by atoms with Crippen LogP contribution in [0.5, 0.6) is 0 Å². The third-order valence-corrected chi connectivity index (χ3v) is 3.01. The minimum Gasteiger partial charge on any atom is -0.287 e. The van der Waals surface area contributed by atoms with Crippen molar-refractivity contribution in [2.45, 2.75) is 19.4 Å². The van der Waals surface area contributed by atoms with Crippen LogP contribution in [0.4, 0.5) is 0 Å². The highest BCUT2D eigenvalue weighted by Gasteiger charge is 2.10. The van der Waals surface area contributed by atoms with Crippen molar-refractivity contribution in [1.29, 1.82) is 0 Å². The van der Waals surface area contributed by atoms with Crippen molar-refractivity contribution >= 4 is 5.91 Å². The Labute approximate surface area is 113 Å². The first-order chi connectivity index (χ1) is 9.31. The summed E-state index contributed by atoms with van der Waals surface area (Å²) in [5, 5.41) is 0. The summed E-state index contributed by atoms with van der Waals surface area (Å²) in [6.45, 7) is 2.08. The highest BCUT2D eigenvalue weighted by molar-refractivity contribution is 5.93. The van der Waals surface area contributed by atoms with E-state index in [0.717, 1.165) is 6.42 Å². The molecule has 0 radical (unpaired) electrons. The van der Waals surface area contributed by atoms with Gasteiger partial charge in [-0.25, -0.2) is 5.43 Å². The van der Waals surface area contributed by atoms with Gasteiger partial charge in [-0.2, -0.15) is 0 Å². The first-order valence-corrected chi connectivity index (χ1v) is 6.47. The van der Waals surface area contributed by atoms with Gasteiger partial charge in [-0.1, -0.05) is 55.5 Å². The van der Waals surface area contributed by atoms with Crippen molar-refractivity contribution in [3.63, 3.8) is 0 Å². The van der Waals surface area contributed by atoms with Crippen molar-refractivity contribution in [2.75, 3.05) is 0 Å². The van der Waals surface area contributed by atoms with Crippen LogP contribution < -0.4 is 10.9 Å². The lowest BCUT2D eigenvalue weighted by molar-refractivity contribution is 0.0924. The molecule has 2 N–H and O–H groups in total. The largest absolute Gasteiger partial charge is 0.287 e. The minimum atomic E-state index is -0.116. The molecule has 2 aromatic carbocycles. The lowest BCUT2D eigenvalue weighted by atomic mass is 10.1. The topological polar surface area (TPSA) is 41.1 Å². The fourth-order valence-electron chi connectivity index (χ4n) is 1.92. The maximum atomic E-state index is 11.9. The number of hydrazine groups is 1. The van der Waals surface area contributed by atoms with E-state index in [1.54, 1.807) is 12.1 Å². The molecule has 0 spiro atoms. The molecule has 3 heteroatoms. The third-order valence-electron chi connectivity index (χ3n) is 3.01. The van der Waals surface area contributed by atoms with Gasteiger partial charge in [0.1, 0.15) is 0 Å². The second-order valence-electron chi connectivity index (χ2n) is 4.34. The Balaban J connectivity index is 1.96. The van der Waals surface area contributed by atoms with Crippen LogP contribution in [-0.2, 0) is 0 Å². The zero-order chi connectivity index (χ0) is 13.5. The molecule has 98 valence electrons. The van der Waals surface area contributed by atoms with Gasteiger partial charge in [0.2, 0.25) is 0 Å². The van der Waals surface area contributed by atoms with E-state index in [0.29, 0.717) is 5.56 Å². The summed E-state index contributed by atoms with van der Waals surface area (Å²) < 4.78 is 0. The normalized spacial score (nSPS) is 11.8. The van der Waals surface area contributed by atoms with E-state index in [9.17, 15) is 4.79 Å². The van der Waals surface area contributed by atoms with Gasteiger partial charge in [0.25, 0.3) is 5.91 Å². The first kappa shape index (κ1) is 13.3. The summed E-state index contributed by atoms with van der Waals surface area (Å²) in [4.78, 5) is 11.9. The molecule has 19 heavy (non-hydrogen) atoms. The molecule has 3 nitrogen and oxygen atoms in total. The number of amides is 1. The van der Waals surface area contributed by atoms with Gasteiger partial charge in [0, 0.05) is 5.56 Å². The van der Waals surface area contributed by atoms with Crippen molar-refractivity contribution in [3.05, 3.63) is 71.8 Å². The standard InChI is InChI=1S/C16H18N2O/c1-2-15(13-9-5-3-6-10-13)17-18-16(19)14-11-7-4-8-12-14/h3-12,15,17H,2H2,1H3,(H,18,19). The summed E-state index contributed by atoms with van der Waals surface area (Å²) in [5.74, 6) is -0.116. The quantitative estimate of drug-likeness (QED) is 0.805. The van der Waals surface area contributed by atoms with E-state index in [4.69, 9.17) is 0 Å². The number of rotatable bonds is 5. The van der Waals surface area contributed by atoms with Gasteiger partial charge in [0.15, 0.2) is 0 Å². The SMILES string of the molecule is CCC(NNC(=O)c1ccccc1)c1ccccc1.